The summed E-state index contributed by atoms with van der Waals surface area (Å²) < 4.78 is 0. The highest BCUT2D eigenvalue weighted by Crippen LogP contribution is 2.13. The first-order valence-corrected chi connectivity index (χ1v) is 5.53. The van der Waals surface area contributed by atoms with E-state index in [0.717, 1.165) is 11.5 Å². The summed E-state index contributed by atoms with van der Waals surface area (Å²) in [6, 6.07) is 4.60. The van der Waals surface area contributed by atoms with Gasteiger partial charge in [-0.3, -0.25) is 0 Å². The molecular weight excluding hydrogens is 186 g/mol. The smallest absolute Gasteiger partial charge is 0.126 e. The minimum atomic E-state index is 0.493. The Morgan fingerprint density at radius 3 is 2.60 bits per heavy atom. The van der Waals surface area contributed by atoms with Crippen molar-refractivity contribution < 1.29 is 0 Å². The van der Waals surface area contributed by atoms with Gasteiger partial charge in [0.25, 0.3) is 0 Å². The third kappa shape index (κ3) is 3.78. The van der Waals surface area contributed by atoms with Gasteiger partial charge in [-0.05, 0) is 25.5 Å². The van der Waals surface area contributed by atoms with Gasteiger partial charge >= 0.3 is 0 Å². The summed E-state index contributed by atoms with van der Waals surface area (Å²) in [5, 5.41) is 3.38. The van der Waals surface area contributed by atoms with Crippen LogP contribution in [0.3, 0.4) is 0 Å². The Morgan fingerprint density at radius 1 is 1.40 bits per heavy atom. The Hall–Kier alpha value is -1.25. The quantitative estimate of drug-likeness (QED) is 0.804. The van der Waals surface area contributed by atoms with Crippen molar-refractivity contribution in [3.8, 4) is 0 Å². The molecule has 0 amide bonds. The molecule has 15 heavy (non-hydrogen) atoms. The van der Waals surface area contributed by atoms with Crippen LogP contribution >= 0.6 is 0 Å². The van der Waals surface area contributed by atoms with Crippen molar-refractivity contribution in [2.75, 3.05) is 24.3 Å². The highest BCUT2D eigenvalue weighted by atomic mass is 15.1. The average molecular weight is 207 g/mol. The van der Waals surface area contributed by atoms with Gasteiger partial charge in [0, 0.05) is 20.1 Å². The van der Waals surface area contributed by atoms with E-state index in [9.17, 15) is 0 Å². The number of aromatic nitrogens is 1. The van der Waals surface area contributed by atoms with Gasteiger partial charge in [-0.2, -0.15) is 0 Å². The molecule has 1 aromatic rings. The Kier molecular flexibility index (Phi) is 4.40. The van der Waals surface area contributed by atoms with E-state index in [4.69, 9.17) is 0 Å². The van der Waals surface area contributed by atoms with E-state index < -0.39 is 0 Å². The molecule has 1 unspecified atom stereocenters. The second-order valence-corrected chi connectivity index (χ2v) is 4.13. The molecule has 0 aliphatic carbocycles. The van der Waals surface area contributed by atoms with Crippen molar-refractivity contribution in [3.63, 3.8) is 0 Å². The van der Waals surface area contributed by atoms with Crippen molar-refractivity contribution in [1.82, 2.24) is 4.98 Å². The summed E-state index contributed by atoms with van der Waals surface area (Å²) in [6.07, 6.45) is 4.27. The molecule has 1 N–H and O–H groups in total. The van der Waals surface area contributed by atoms with E-state index >= 15 is 0 Å². The fraction of sp³-hybridized carbons (Fsp3) is 0.583. The minimum absolute atomic E-state index is 0.493. The second-order valence-electron chi connectivity index (χ2n) is 4.13. The molecule has 0 fully saturated rings. The number of nitrogens with one attached hydrogen (secondary N) is 1. The van der Waals surface area contributed by atoms with E-state index in [-0.39, 0.29) is 0 Å². The minimum Gasteiger partial charge on any atom is -0.376 e. The first-order valence-electron chi connectivity index (χ1n) is 5.53. The van der Waals surface area contributed by atoms with Crippen LogP contribution in [0.4, 0.5) is 11.5 Å². The van der Waals surface area contributed by atoms with Crippen LogP contribution in [0.1, 0.15) is 26.7 Å². The third-order valence-corrected chi connectivity index (χ3v) is 2.38. The zero-order valence-corrected chi connectivity index (χ0v) is 10.1. The molecule has 3 nitrogen and oxygen atoms in total. The predicted molar refractivity (Wildman–Crippen MR) is 66.6 cm³/mol. The lowest BCUT2D eigenvalue weighted by Crippen LogP contribution is -2.16. The predicted octanol–water partition coefficient (Wildman–Crippen LogP) is 2.75. The molecule has 0 aromatic carbocycles. The maximum atomic E-state index is 4.37. The van der Waals surface area contributed by atoms with Gasteiger partial charge in [0.1, 0.15) is 5.82 Å². The molecule has 0 aliphatic rings. The van der Waals surface area contributed by atoms with Crippen LogP contribution in [0.15, 0.2) is 18.3 Å². The van der Waals surface area contributed by atoms with Crippen molar-refractivity contribution in [3.05, 3.63) is 18.3 Å². The highest BCUT2D eigenvalue weighted by molar-refractivity contribution is 5.48. The molecule has 1 heterocycles. The zero-order valence-electron chi connectivity index (χ0n) is 10.1. The zero-order chi connectivity index (χ0) is 11.3. The summed E-state index contributed by atoms with van der Waals surface area (Å²) in [4.78, 5) is 6.42. The maximum Gasteiger partial charge on any atom is 0.126 e. The standard InChI is InChI=1S/C12H21N3/c1-5-6-10(2)14-12-8-7-11(9-13-12)15(3)4/h7-10H,5-6H2,1-4H3,(H,13,14). The van der Waals surface area contributed by atoms with Gasteiger partial charge in [0.05, 0.1) is 11.9 Å². The van der Waals surface area contributed by atoms with Gasteiger partial charge < -0.3 is 10.2 Å². The molecular formula is C12H21N3. The largest absolute Gasteiger partial charge is 0.376 e. The van der Waals surface area contributed by atoms with Gasteiger partial charge in [0.15, 0.2) is 0 Å². The molecule has 1 rings (SSSR count). The summed E-state index contributed by atoms with van der Waals surface area (Å²) in [5.74, 6) is 0.960. The normalized spacial score (nSPS) is 12.3. The molecule has 0 spiro atoms. The summed E-state index contributed by atoms with van der Waals surface area (Å²) in [7, 11) is 4.04. The lowest BCUT2D eigenvalue weighted by Gasteiger charge is -2.15. The number of nitrogens with zero attached hydrogens (tertiary/aromatic N) is 2. The van der Waals surface area contributed by atoms with Crippen molar-refractivity contribution in [2.45, 2.75) is 32.7 Å². The monoisotopic (exact) mass is 207 g/mol. The first-order chi connectivity index (χ1) is 7.13. The van der Waals surface area contributed by atoms with Crippen molar-refractivity contribution in [1.29, 1.82) is 0 Å². The third-order valence-electron chi connectivity index (χ3n) is 2.38. The fourth-order valence-corrected chi connectivity index (χ4v) is 1.49. The van der Waals surface area contributed by atoms with E-state index in [1.807, 2.05) is 31.3 Å². The highest BCUT2D eigenvalue weighted by Gasteiger charge is 2.01. The van der Waals surface area contributed by atoms with Gasteiger partial charge in [-0.1, -0.05) is 13.3 Å². The van der Waals surface area contributed by atoms with Crippen LogP contribution < -0.4 is 10.2 Å². The Bertz CT molecular complexity index is 279. The van der Waals surface area contributed by atoms with Crippen LogP contribution in [-0.2, 0) is 0 Å². The molecule has 1 aromatic heterocycles. The summed E-state index contributed by atoms with van der Waals surface area (Å²) in [5.41, 5.74) is 1.13. The van der Waals surface area contributed by atoms with E-state index in [1.165, 1.54) is 12.8 Å². The number of anilines is 2. The van der Waals surface area contributed by atoms with Gasteiger partial charge in [-0.25, -0.2) is 4.98 Å². The lowest BCUT2D eigenvalue weighted by atomic mass is 10.2. The molecule has 0 aliphatic heterocycles. The number of hydrogen-bond donors (Lipinski definition) is 1. The van der Waals surface area contributed by atoms with Crippen LogP contribution in [0.2, 0.25) is 0 Å². The average Bonchev–Trinajstić information content (AvgIpc) is 2.18. The van der Waals surface area contributed by atoms with Crippen LogP contribution in [-0.4, -0.2) is 25.1 Å². The summed E-state index contributed by atoms with van der Waals surface area (Å²) in [6.45, 7) is 4.38. The topological polar surface area (TPSA) is 28.2 Å². The number of hydrogen-bond acceptors (Lipinski definition) is 3. The van der Waals surface area contributed by atoms with E-state index in [0.29, 0.717) is 6.04 Å². The van der Waals surface area contributed by atoms with Gasteiger partial charge in [-0.15, -0.1) is 0 Å². The summed E-state index contributed by atoms with van der Waals surface area (Å²) >= 11 is 0. The second kappa shape index (κ2) is 5.59. The Balaban J connectivity index is 2.56. The molecule has 0 radical (unpaired) electrons. The number of pyridine rings is 1. The Morgan fingerprint density at radius 2 is 2.13 bits per heavy atom. The van der Waals surface area contributed by atoms with E-state index in [1.54, 1.807) is 0 Å². The molecule has 3 heteroatoms. The lowest BCUT2D eigenvalue weighted by molar-refractivity contribution is 0.687. The first kappa shape index (κ1) is 11.8. The molecule has 1 atom stereocenters. The molecule has 0 saturated carbocycles. The van der Waals surface area contributed by atoms with Crippen molar-refractivity contribution >= 4 is 11.5 Å². The van der Waals surface area contributed by atoms with Crippen molar-refractivity contribution in [2.24, 2.45) is 0 Å². The van der Waals surface area contributed by atoms with Crippen LogP contribution in [0, 0.1) is 0 Å². The maximum absolute atomic E-state index is 4.37. The molecule has 84 valence electrons. The SMILES string of the molecule is CCCC(C)Nc1ccc(N(C)C)cn1. The molecule has 0 saturated heterocycles. The Labute approximate surface area is 92.5 Å². The fourth-order valence-electron chi connectivity index (χ4n) is 1.49. The number of rotatable bonds is 5. The molecule has 0 bridgehead atoms. The van der Waals surface area contributed by atoms with Crippen LogP contribution in [0.5, 0.6) is 0 Å². The van der Waals surface area contributed by atoms with Gasteiger partial charge in [0.2, 0.25) is 0 Å². The van der Waals surface area contributed by atoms with Crippen LogP contribution in [0.25, 0.3) is 0 Å². The van der Waals surface area contributed by atoms with E-state index in [2.05, 4.69) is 30.2 Å².